The van der Waals surface area contributed by atoms with Gasteiger partial charge in [0.05, 0.1) is 16.5 Å². The molecule has 0 spiro atoms. The zero-order chi connectivity index (χ0) is 26.4. The molecule has 38 heavy (non-hydrogen) atoms. The van der Waals surface area contributed by atoms with E-state index in [1.165, 1.54) is 24.7 Å². The summed E-state index contributed by atoms with van der Waals surface area (Å²) in [5, 5.41) is 1.24. The molecule has 0 radical (unpaired) electrons. The molecule has 11 heteroatoms. The predicted molar refractivity (Wildman–Crippen MR) is 140 cm³/mol. The van der Waals surface area contributed by atoms with E-state index in [9.17, 15) is 9.59 Å². The highest BCUT2D eigenvalue weighted by Gasteiger charge is 2.24. The van der Waals surface area contributed by atoms with Crippen molar-refractivity contribution < 1.29 is 13.9 Å². The Morgan fingerprint density at radius 3 is 2.61 bits per heavy atom. The maximum absolute atomic E-state index is 15.5. The van der Waals surface area contributed by atoms with Gasteiger partial charge in [-0.05, 0) is 60.7 Å². The number of H-pyrrole nitrogens is 1. The van der Waals surface area contributed by atoms with E-state index in [0.717, 1.165) is 6.07 Å². The molecule has 6 aromatic rings. The maximum atomic E-state index is 15.5. The highest BCUT2D eigenvalue weighted by Crippen LogP contribution is 2.34. The van der Waals surface area contributed by atoms with Crippen molar-refractivity contribution in [1.82, 2.24) is 24.5 Å². The average Bonchev–Trinajstić information content (AvgIpc) is 3.40. The molecule has 4 aromatic heterocycles. The zero-order valence-electron chi connectivity index (χ0n) is 19.4. The number of amides is 1. The van der Waals surface area contributed by atoms with E-state index in [1.807, 2.05) is 0 Å². The number of primary amides is 1. The first-order chi connectivity index (χ1) is 18.4. The van der Waals surface area contributed by atoms with Crippen molar-refractivity contribution in [2.75, 3.05) is 0 Å². The van der Waals surface area contributed by atoms with Crippen LogP contribution in [0.4, 0.5) is 4.39 Å². The second-order valence-electron chi connectivity index (χ2n) is 8.27. The van der Waals surface area contributed by atoms with Gasteiger partial charge in [-0.25, -0.2) is 19.3 Å². The number of aromatic nitrogens is 5. The Bertz CT molecular complexity index is 1930. The zero-order valence-corrected chi connectivity index (χ0v) is 20.1. The fraction of sp³-hybridized carbons (Fsp3) is 0. The number of nitrogens with two attached hydrogens (primary N) is 1. The van der Waals surface area contributed by atoms with E-state index in [-0.39, 0.29) is 39.5 Å². The van der Waals surface area contributed by atoms with Gasteiger partial charge < -0.3 is 15.5 Å². The fourth-order valence-electron chi connectivity index (χ4n) is 4.32. The van der Waals surface area contributed by atoms with E-state index in [1.54, 1.807) is 53.2 Å². The largest absolute Gasteiger partial charge is 0.435 e. The summed E-state index contributed by atoms with van der Waals surface area (Å²) in [5.74, 6) is -1.67. The normalized spacial score (nSPS) is 11.2. The van der Waals surface area contributed by atoms with Crippen LogP contribution in [-0.4, -0.2) is 30.4 Å². The number of nitrogens with one attached hydrogen (secondary N) is 1. The molecule has 0 aliphatic heterocycles. The van der Waals surface area contributed by atoms with Gasteiger partial charge in [-0.2, -0.15) is 0 Å². The summed E-state index contributed by atoms with van der Waals surface area (Å²) in [4.78, 5) is 41.5. The molecule has 6 rings (SSSR count). The Labute approximate surface area is 218 Å². The summed E-state index contributed by atoms with van der Waals surface area (Å²) in [7, 11) is 0. The minimum absolute atomic E-state index is 0.0801. The van der Waals surface area contributed by atoms with Crippen LogP contribution in [0.5, 0.6) is 11.6 Å². The molecule has 0 atom stereocenters. The predicted octanol–water partition coefficient (Wildman–Crippen LogP) is 5.01. The molecule has 0 saturated carbocycles. The SMILES string of the molecule is NC(=O)c1c(-c2ccc(Oc3ncnc4[nH]ccc34)c(F)c2)n(-c2ccc(Cl)cc2)c2ncccc2c1=O. The fourth-order valence-corrected chi connectivity index (χ4v) is 4.45. The van der Waals surface area contributed by atoms with Crippen molar-refractivity contribution in [3.8, 4) is 28.6 Å². The van der Waals surface area contributed by atoms with Crippen LogP contribution in [0, 0.1) is 5.82 Å². The number of carbonyl (C=O) groups excluding carboxylic acids is 1. The number of pyridine rings is 2. The third kappa shape index (κ3) is 3.84. The van der Waals surface area contributed by atoms with E-state index in [2.05, 4.69) is 19.9 Å². The van der Waals surface area contributed by atoms with Crippen molar-refractivity contribution >= 4 is 39.6 Å². The molecule has 0 bridgehead atoms. The number of hydrogen-bond acceptors (Lipinski definition) is 6. The minimum Gasteiger partial charge on any atom is -0.435 e. The number of carbonyl (C=O) groups is 1. The van der Waals surface area contributed by atoms with E-state index in [4.69, 9.17) is 22.1 Å². The van der Waals surface area contributed by atoms with Crippen LogP contribution in [0.25, 0.3) is 39.0 Å². The van der Waals surface area contributed by atoms with Crippen molar-refractivity contribution in [1.29, 1.82) is 0 Å². The molecular formula is C27H16ClFN6O3. The van der Waals surface area contributed by atoms with Crippen LogP contribution < -0.4 is 15.9 Å². The Morgan fingerprint density at radius 1 is 1.03 bits per heavy atom. The van der Waals surface area contributed by atoms with Crippen LogP contribution in [0.3, 0.4) is 0 Å². The lowest BCUT2D eigenvalue weighted by Crippen LogP contribution is -2.26. The summed E-state index contributed by atoms with van der Waals surface area (Å²) < 4.78 is 22.8. The van der Waals surface area contributed by atoms with Crippen LogP contribution in [-0.2, 0) is 0 Å². The maximum Gasteiger partial charge on any atom is 0.254 e. The number of halogens is 2. The van der Waals surface area contributed by atoms with Crippen molar-refractivity contribution in [2.24, 2.45) is 5.73 Å². The van der Waals surface area contributed by atoms with Crippen LogP contribution in [0.2, 0.25) is 5.02 Å². The molecule has 0 aliphatic carbocycles. The number of hydrogen-bond donors (Lipinski definition) is 2. The number of benzene rings is 2. The topological polar surface area (TPSA) is 129 Å². The molecule has 0 unspecified atom stereocenters. The quantitative estimate of drug-likeness (QED) is 0.325. The molecule has 3 N–H and O–H groups in total. The number of rotatable bonds is 5. The average molecular weight is 527 g/mol. The van der Waals surface area contributed by atoms with E-state index >= 15 is 4.39 Å². The lowest BCUT2D eigenvalue weighted by atomic mass is 10.0. The Morgan fingerprint density at radius 2 is 1.84 bits per heavy atom. The molecule has 0 aliphatic rings. The van der Waals surface area contributed by atoms with E-state index in [0.29, 0.717) is 21.7 Å². The van der Waals surface area contributed by atoms with Gasteiger partial charge in [-0.1, -0.05) is 11.6 Å². The summed E-state index contributed by atoms with van der Waals surface area (Å²) in [5.41, 5.74) is 6.39. The van der Waals surface area contributed by atoms with Crippen molar-refractivity contribution in [3.05, 3.63) is 106 Å². The lowest BCUT2D eigenvalue weighted by molar-refractivity contribution is 0.0999. The first-order valence-corrected chi connectivity index (χ1v) is 11.7. The van der Waals surface area contributed by atoms with Gasteiger partial charge in [-0.3, -0.25) is 14.2 Å². The van der Waals surface area contributed by atoms with Gasteiger partial charge in [0.25, 0.3) is 5.91 Å². The highest BCUT2D eigenvalue weighted by atomic mass is 35.5. The van der Waals surface area contributed by atoms with Crippen molar-refractivity contribution in [2.45, 2.75) is 0 Å². The molecular weight excluding hydrogens is 511 g/mol. The van der Waals surface area contributed by atoms with Crippen LogP contribution >= 0.6 is 11.6 Å². The highest BCUT2D eigenvalue weighted by molar-refractivity contribution is 6.30. The summed E-state index contributed by atoms with van der Waals surface area (Å²) in [6.07, 6.45) is 4.48. The molecule has 0 saturated heterocycles. The Balaban J connectivity index is 1.58. The third-order valence-electron chi connectivity index (χ3n) is 5.99. The number of aromatic amines is 1. The molecule has 4 heterocycles. The van der Waals surface area contributed by atoms with E-state index < -0.39 is 17.2 Å². The number of nitrogens with zero attached hydrogens (tertiary/aromatic N) is 4. The Kier molecular flexibility index (Phi) is 5.58. The Hall–Kier alpha value is -5.09. The van der Waals surface area contributed by atoms with Crippen LogP contribution in [0.1, 0.15) is 10.4 Å². The molecule has 9 nitrogen and oxygen atoms in total. The third-order valence-corrected chi connectivity index (χ3v) is 6.24. The smallest absolute Gasteiger partial charge is 0.254 e. The minimum atomic E-state index is -0.963. The van der Waals surface area contributed by atoms with Crippen LogP contribution in [0.15, 0.2) is 84.2 Å². The number of ether oxygens (including phenoxy) is 1. The lowest BCUT2D eigenvalue weighted by Gasteiger charge is -2.19. The molecule has 0 fully saturated rings. The van der Waals surface area contributed by atoms with Gasteiger partial charge >= 0.3 is 0 Å². The van der Waals surface area contributed by atoms with Crippen molar-refractivity contribution in [3.63, 3.8) is 0 Å². The standard InChI is InChI=1S/C27H16ClFN6O3/c28-15-4-6-16(7-5-15)35-22(21(24(30)37)23(36)17-2-1-10-32-26(17)35)14-3-8-20(19(29)12-14)38-27-18-9-11-31-25(18)33-13-34-27/h1-13H,(H2,30,37)(H,31,33,34). The van der Waals surface area contributed by atoms with Gasteiger partial charge in [-0.15, -0.1) is 0 Å². The first-order valence-electron chi connectivity index (χ1n) is 11.3. The molecule has 2 aromatic carbocycles. The van der Waals surface area contributed by atoms with Gasteiger partial charge in [0.1, 0.15) is 23.2 Å². The van der Waals surface area contributed by atoms with Gasteiger partial charge in [0, 0.05) is 28.7 Å². The second-order valence-corrected chi connectivity index (χ2v) is 8.71. The number of fused-ring (bicyclic) bond motifs is 2. The molecule has 186 valence electrons. The monoisotopic (exact) mass is 526 g/mol. The second kappa shape index (κ2) is 9.09. The van der Waals surface area contributed by atoms with Gasteiger partial charge in [0.15, 0.2) is 11.6 Å². The summed E-state index contributed by atoms with van der Waals surface area (Å²) in [6.45, 7) is 0. The van der Waals surface area contributed by atoms with Gasteiger partial charge in [0.2, 0.25) is 11.3 Å². The first kappa shape index (κ1) is 23.3. The summed E-state index contributed by atoms with van der Waals surface area (Å²) >= 11 is 6.09. The molecule has 1 amide bonds. The summed E-state index contributed by atoms with van der Waals surface area (Å²) in [6, 6.07) is 15.6.